The van der Waals surface area contributed by atoms with Gasteiger partial charge in [-0.1, -0.05) is 18.2 Å². The van der Waals surface area contributed by atoms with Crippen LogP contribution in [-0.4, -0.2) is 42.3 Å². The number of amides is 1. The minimum atomic E-state index is 0.140. The van der Waals surface area contributed by atoms with E-state index in [0.717, 1.165) is 47.0 Å². The molecule has 4 rings (SSSR count). The molecule has 0 saturated heterocycles. The Labute approximate surface area is 169 Å². The van der Waals surface area contributed by atoms with Crippen molar-refractivity contribution in [3.8, 4) is 11.5 Å². The third-order valence-corrected chi connectivity index (χ3v) is 6.20. The van der Waals surface area contributed by atoms with Gasteiger partial charge in [-0.15, -0.1) is 11.8 Å². The lowest BCUT2D eigenvalue weighted by Crippen LogP contribution is -2.32. The van der Waals surface area contributed by atoms with Crippen LogP contribution in [0.3, 0.4) is 0 Å². The van der Waals surface area contributed by atoms with Crippen molar-refractivity contribution in [3.05, 3.63) is 53.7 Å². The average molecular weight is 397 g/mol. The summed E-state index contributed by atoms with van der Waals surface area (Å²) in [6.07, 6.45) is 1.98. The van der Waals surface area contributed by atoms with Gasteiger partial charge in [0.25, 0.3) is 0 Å². The summed E-state index contributed by atoms with van der Waals surface area (Å²) < 4.78 is 10.7. The van der Waals surface area contributed by atoms with E-state index in [9.17, 15) is 4.79 Å². The number of H-pyrrole nitrogens is 1. The largest absolute Gasteiger partial charge is 0.497 e. The zero-order chi connectivity index (χ0) is 19.5. The van der Waals surface area contributed by atoms with Gasteiger partial charge >= 0.3 is 0 Å². The van der Waals surface area contributed by atoms with Gasteiger partial charge in [-0.05, 0) is 42.7 Å². The van der Waals surface area contributed by atoms with Gasteiger partial charge in [0.2, 0.25) is 5.91 Å². The van der Waals surface area contributed by atoms with E-state index in [1.165, 1.54) is 22.7 Å². The van der Waals surface area contributed by atoms with Crippen molar-refractivity contribution in [2.24, 2.45) is 0 Å². The lowest BCUT2D eigenvalue weighted by atomic mass is 10.1. The summed E-state index contributed by atoms with van der Waals surface area (Å²) in [6, 6.07) is 14.0. The Morgan fingerprint density at radius 2 is 2.04 bits per heavy atom. The number of aryl methyl sites for hydroxylation is 1. The first-order chi connectivity index (χ1) is 13.7. The second kappa shape index (κ2) is 8.19. The summed E-state index contributed by atoms with van der Waals surface area (Å²) in [5.41, 5.74) is 3.67. The number of carbonyl (C=O) groups is 1. The summed E-state index contributed by atoms with van der Waals surface area (Å²) in [5.74, 6) is 2.03. The van der Waals surface area contributed by atoms with Crippen LogP contribution in [0.5, 0.6) is 11.5 Å². The molecule has 0 atom stereocenters. The summed E-state index contributed by atoms with van der Waals surface area (Å²) in [5, 5.41) is 1.28. The molecule has 1 amide bonds. The van der Waals surface area contributed by atoms with E-state index in [-0.39, 0.29) is 5.91 Å². The van der Waals surface area contributed by atoms with Crippen LogP contribution in [0, 0.1) is 0 Å². The van der Waals surface area contributed by atoms with E-state index in [0.29, 0.717) is 12.3 Å². The van der Waals surface area contributed by atoms with Crippen LogP contribution in [0.4, 0.5) is 0 Å². The molecule has 0 saturated carbocycles. The van der Waals surface area contributed by atoms with Crippen molar-refractivity contribution in [1.82, 2.24) is 9.88 Å². The van der Waals surface area contributed by atoms with E-state index in [1.807, 2.05) is 29.2 Å². The van der Waals surface area contributed by atoms with Crippen LogP contribution in [0.1, 0.15) is 17.7 Å². The second-order valence-corrected chi connectivity index (χ2v) is 7.87. The number of aromatic amines is 1. The molecule has 0 aliphatic carbocycles. The Morgan fingerprint density at radius 1 is 1.18 bits per heavy atom. The molecule has 6 heteroatoms. The van der Waals surface area contributed by atoms with E-state index >= 15 is 0 Å². The number of methoxy groups -OCH3 is 2. The number of ether oxygens (including phenoxy) is 2. The summed E-state index contributed by atoms with van der Waals surface area (Å²) in [4.78, 5) is 19.3. The van der Waals surface area contributed by atoms with E-state index < -0.39 is 0 Å². The summed E-state index contributed by atoms with van der Waals surface area (Å²) in [6.45, 7) is 1.42. The zero-order valence-corrected chi connectivity index (χ0v) is 17.0. The standard InChI is InChI=1S/C22H24N2O3S/c1-26-15-9-10-20(27-2)21(12-15)28-14-22(25)24-11-5-7-17-16-6-3-4-8-18(16)23-19(17)13-24/h3-4,6,8-10,12,23H,5,7,11,13-14H2,1-2H3. The Morgan fingerprint density at radius 3 is 2.86 bits per heavy atom. The van der Waals surface area contributed by atoms with Crippen LogP contribution in [0.25, 0.3) is 10.9 Å². The fourth-order valence-corrected chi connectivity index (χ4v) is 4.69. The molecule has 146 valence electrons. The number of rotatable bonds is 5. The molecular formula is C22H24N2O3S. The van der Waals surface area contributed by atoms with Crippen molar-refractivity contribution in [2.45, 2.75) is 24.3 Å². The Bertz CT molecular complexity index is 999. The zero-order valence-electron chi connectivity index (χ0n) is 16.2. The number of hydrogen-bond acceptors (Lipinski definition) is 4. The number of hydrogen-bond donors (Lipinski definition) is 1. The average Bonchev–Trinajstić information content (AvgIpc) is 2.94. The molecule has 3 aromatic rings. The van der Waals surface area contributed by atoms with Gasteiger partial charge in [0.1, 0.15) is 11.5 Å². The maximum atomic E-state index is 12.9. The molecule has 2 heterocycles. The van der Waals surface area contributed by atoms with Crippen LogP contribution in [-0.2, 0) is 17.8 Å². The molecule has 0 fully saturated rings. The number of aromatic nitrogens is 1. The van der Waals surface area contributed by atoms with Gasteiger partial charge in [-0.25, -0.2) is 0 Å². The SMILES string of the molecule is COc1ccc(OC)c(SCC(=O)N2CCCc3c([nH]c4ccccc34)C2)c1. The first-order valence-corrected chi connectivity index (χ1v) is 10.4. The number of nitrogens with one attached hydrogen (secondary N) is 1. The summed E-state index contributed by atoms with van der Waals surface area (Å²) >= 11 is 1.49. The molecule has 0 radical (unpaired) electrons. The van der Waals surface area contributed by atoms with Crippen molar-refractivity contribution in [1.29, 1.82) is 0 Å². The van der Waals surface area contributed by atoms with Gasteiger partial charge in [0, 0.05) is 23.1 Å². The van der Waals surface area contributed by atoms with Crippen molar-refractivity contribution in [3.63, 3.8) is 0 Å². The number of para-hydroxylation sites is 1. The minimum absolute atomic E-state index is 0.140. The smallest absolute Gasteiger partial charge is 0.233 e. The van der Waals surface area contributed by atoms with Crippen molar-refractivity contribution < 1.29 is 14.3 Å². The topological polar surface area (TPSA) is 54.6 Å². The maximum Gasteiger partial charge on any atom is 0.233 e. The highest BCUT2D eigenvalue weighted by Crippen LogP contribution is 2.33. The van der Waals surface area contributed by atoms with Crippen molar-refractivity contribution >= 4 is 28.6 Å². The highest BCUT2D eigenvalue weighted by molar-refractivity contribution is 8.00. The first kappa shape index (κ1) is 18.7. The Kier molecular flexibility index (Phi) is 5.48. The maximum absolute atomic E-state index is 12.9. The molecule has 1 aromatic heterocycles. The fraction of sp³-hybridized carbons (Fsp3) is 0.318. The molecular weight excluding hydrogens is 372 g/mol. The Balaban J connectivity index is 1.48. The summed E-state index contributed by atoms with van der Waals surface area (Å²) in [7, 11) is 3.27. The highest BCUT2D eigenvalue weighted by atomic mass is 32.2. The third-order valence-electron chi connectivity index (χ3n) is 5.18. The number of nitrogens with zero attached hydrogens (tertiary/aromatic N) is 1. The van der Waals surface area contributed by atoms with Crippen molar-refractivity contribution in [2.75, 3.05) is 26.5 Å². The third kappa shape index (κ3) is 3.69. The van der Waals surface area contributed by atoms with Crippen LogP contribution < -0.4 is 9.47 Å². The molecule has 1 aliphatic heterocycles. The predicted molar refractivity (Wildman–Crippen MR) is 112 cm³/mol. The fourth-order valence-electron chi connectivity index (χ4n) is 3.73. The molecule has 0 spiro atoms. The normalized spacial score (nSPS) is 13.9. The van der Waals surface area contributed by atoms with E-state index in [2.05, 4.69) is 23.2 Å². The predicted octanol–water partition coefficient (Wildman–Crippen LogP) is 4.25. The van der Waals surface area contributed by atoms with Crippen LogP contribution in [0.15, 0.2) is 47.4 Å². The molecule has 5 nitrogen and oxygen atoms in total. The van der Waals surface area contributed by atoms with Crippen LogP contribution in [0.2, 0.25) is 0 Å². The molecule has 2 aromatic carbocycles. The number of benzene rings is 2. The molecule has 1 N–H and O–H groups in total. The molecule has 28 heavy (non-hydrogen) atoms. The lowest BCUT2D eigenvalue weighted by molar-refractivity contribution is -0.128. The highest BCUT2D eigenvalue weighted by Gasteiger charge is 2.22. The van der Waals surface area contributed by atoms with Crippen LogP contribution >= 0.6 is 11.8 Å². The Hall–Kier alpha value is -2.60. The number of carbonyl (C=O) groups excluding carboxylic acids is 1. The monoisotopic (exact) mass is 396 g/mol. The van der Waals surface area contributed by atoms with Gasteiger partial charge in [0.05, 0.1) is 31.4 Å². The van der Waals surface area contributed by atoms with Gasteiger partial charge < -0.3 is 19.4 Å². The van der Waals surface area contributed by atoms with E-state index in [4.69, 9.17) is 9.47 Å². The lowest BCUT2D eigenvalue weighted by Gasteiger charge is -2.20. The molecule has 0 unspecified atom stereocenters. The second-order valence-electron chi connectivity index (χ2n) is 6.85. The molecule has 1 aliphatic rings. The minimum Gasteiger partial charge on any atom is -0.497 e. The van der Waals surface area contributed by atoms with Gasteiger partial charge in [-0.3, -0.25) is 4.79 Å². The quantitative estimate of drug-likeness (QED) is 0.655. The number of thioether (sulfide) groups is 1. The van der Waals surface area contributed by atoms with Gasteiger partial charge in [-0.2, -0.15) is 0 Å². The molecule has 0 bridgehead atoms. The first-order valence-electron chi connectivity index (χ1n) is 9.40. The number of fused-ring (bicyclic) bond motifs is 3. The van der Waals surface area contributed by atoms with E-state index in [1.54, 1.807) is 14.2 Å². The van der Waals surface area contributed by atoms with Gasteiger partial charge in [0.15, 0.2) is 0 Å².